The second-order valence-electron chi connectivity index (χ2n) is 11.6. The van der Waals surface area contributed by atoms with E-state index in [0.717, 1.165) is 56.1 Å². The van der Waals surface area contributed by atoms with Gasteiger partial charge in [0.05, 0.1) is 5.70 Å². The van der Waals surface area contributed by atoms with Crippen LogP contribution in [-0.2, 0) is 6.42 Å². The molecule has 0 saturated carbocycles. The van der Waals surface area contributed by atoms with Crippen LogP contribution in [0.4, 0.5) is 0 Å². The molecule has 1 aromatic heterocycles. The normalized spacial score (nSPS) is 12.0. The number of aliphatic imine (C=N–C) groups is 1. The molecule has 0 aliphatic heterocycles. The Bertz CT molecular complexity index is 2350. The Balaban J connectivity index is 1.14. The molecule has 0 spiro atoms. The third-order valence-corrected chi connectivity index (χ3v) is 8.60. The molecule has 0 fully saturated rings. The second-order valence-corrected chi connectivity index (χ2v) is 11.6. The van der Waals surface area contributed by atoms with Crippen LogP contribution in [0.3, 0.4) is 0 Å². The lowest BCUT2D eigenvalue weighted by atomic mass is 9.94. The van der Waals surface area contributed by atoms with Gasteiger partial charge >= 0.3 is 0 Å². The van der Waals surface area contributed by atoms with E-state index in [0.29, 0.717) is 0 Å². The van der Waals surface area contributed by atoms with Gasteiger partial charge in [-0.1, -0.05) is 152 Å². The molecule has 0 unspecified atom stereocenters. The topological polar surface area (TPSA) is 25.5 Å². The lowest BCUT2D eigenvalue weighted by Gasteiger charge is -2.09. The van der Waals surface area contributed by atoms with E-state index in [4.69, 9.17) is 9.41 Å². The quantitative estimate of drug-likeness (QED) is 0.170. The first kappa shape index (κ1) is 27.6. The molecule has 8 rings (SSSR count). The summed E-state index contributed by atoms with van der Waals surface area (Å²) in [5.41, 5.74) is 11.0. The number of allylic oxidation sites excluding steroid dienone is 1. The summed E-state index contributed by atoms with van der Waals surface area (Å²) in [7, 11) is 0. The Morgan fingerprint density at radius 3 is 1.93 bits per heavy atom. The van der Waals surface area contributed by atoms with Crippen molar-refractivity contribution in [3.63, 3.8) is 0 Å². The maximum atomic E-state index is 6.56. The Kier molecular flexibility index (Phi) is 7.30. The summed E-state index contributed by atoms with van der Waals surface area (Å²) < 4.78 is 6.56. The van der Waals surface area contributed by atoms with Gasteiger partial charge in [0.25, 0.3) is 0 Å². The van der Waals surface area contributed by atoms with Gasteiger partial charge in [-0.15, -0.1) is 0 Å². The number of benzene rings is 7. The molecule has 1 heterocycles. The summed E-state index contributed by atoms with van der Waals surface area (Å²) in [6, 6.07) is 57.4. The summed E-state index contributed by atoms with van der Waals surface area (Å²) in [5.74, 6) is 0. The molecule has 0 saturated heterocycles. The van der Waals surface area contributed by atoms with Crippen molar-refractivity contribution in [2.24, 2.45) is 4.99 Å². The highest BCUT2D eigenvalue weighted by Crippen LogP contribution is 2.40. The fraction of sp³-hybridized carbons (Fsp3) is 0.0227. The Hall–Kier alpha value is -5.99. The minimum atomic E-state index is 0.784. The maximum Gasteiger partial charge on any atom is 0.143 e. The summed E-state index contributed by atoms with van der Waals surface area (Å²) in [5, 5.41) is 4.59. The molecule has 0 aliphatic carbocycles. The Morgan fingerprint density at radius 1 is 0.522 bits per heavy atom. The zero-order valence-electron chi connectivity index (χ0n) is 25.3. The van der Waals surface area contributed by atoms with Crippen LogP contribution in [0.25, 0.3) is 60.7 Å². The fourth-order valence-corrected chi connectivity index (χ4v) is 6.22. The van der Waals surface area contributed by atoms with Crippen LogP contribution in [-0.4, -0.2) is 6.21 Å². The lowest BCUT2D eigenvalue weighted by Crippen LogP contribution is -1.88. The van der Waals surface area contributed by atoms with Crippen LogP contribution < -0.4 is 0 Å². The molecule has 2 heteroatoms. The monoisotopic (exact) mass is 589 g/mol. The predicted molar refractivity (Wildman–Crippen MR) is 194 cm³/mol. The van der Waals surface area contributed by atoms with E-state index in [2.05, 4.69) is 140 Å². The zero-order chi connectivity index (χ0) is 30.7. The van der Waals surface area contributed by atoms with Crippen LogP contribution >= 0.6 is 0 Å². The van der Waals surface area contributed by atoms with E-state index >= 15 is 0 Å². The van der Waals surface area contributed by atoms with Gasteiger partial charge in [-0.3, -0.25) is 4.99 Å². The summed E-state index contributed by atoms with van der Waals surface area (Å²) >= 11 is 0. The molecular weight excluding hydrogens is 558 g/mol. The van der Waals surface area contributed by atoms with Crippen LogP contribution in [0, 0.1) is 0 Å². The highest BCUT2D eigenvalue weighted by molar-refractivity contribution is 6.19. The van der Waals surface area contributed by atoms with E-state index < -0.39 is 0 Å². The third-order valence-electron chi connectivity index (χ3n) is 8.60. The van der Waals surface area contributed by atoms with E-state index in [1.807, 2.05) is 36.5 Å². The van der Waals surface area contributed by atoms with Crippen LogP contribution in [0.1, 0.15) is 16.7 Å². The number of fused-ring (bicyclic) bond motifs is 5. The fourth-order valence-electron chi connectivity index (χ4n) is 6.22. The van der Waals surface area contributed by atoms with E-state index in [-0.39, 0.29) is 0 Å². The molecule has 0 aliphatic rings. The van der Waals surface area contributed by atoms with Gasteiger partial charge in [0.15, 0.2) is 0 Å². The molecule has 0 radical (unpaired) electrons. The summed E-state index contributed by atoms with van der Waals surface area (Å²) in [4.78, 5) is 4.88. The number of nitrogens with zero attached hydrogens (tertiary/aromatic N) is 1. The molecule has 0 amide bonds. The van der Waals surface area contributed by atoms with Gasteiger partial charge in [0.1, 0.15) is 11.2 Å². The molecule has 218 valence electrons. The van der Waals surface area contributed by atoms with Gasteiger partial charge in [-0.25, -0.2) is 0 Å². The van der Waals surface area contributed by atoms with Gasteiger partial charge in [0.2, 0.25) is 0 Å². The molecule has 0 atom stereocenters. The molecule has 7 aromatic carbocycles. The first-order valence-electron chi connectivity index (χ1n) is 15.7. The second kappa shape index (κ2) is 12.2. The smallest absolute Gasteiger partial charge is 0.143 e. The van der Waals surface area contributed by atoms with Gasteiger partial charge < -0.3 is 4.42 Å². The van der Waals surface area contributed by atoms with Crippen LogP contribution in [0.5, 0.6) is 0 Å². The van der Waals surface area contributed by atoms with Crippen molar-refractivity contribution >= 4 is 44.6 Å². The Morgan fingerprint density at radius 2 is 1.17 bits per heavy atom. The SMILES string of the molecule is C(=N/C(=C\Cc1ccc(-c2cc3c4ccc(-c5ccccc5)cc4oc3c3ccccc23)cc1)c1ccccc1)c1ccccc1. The molecule has 0 N–H and O–H groups in total. The minimum absolute atomic E-state index is 0.784. The van der Waals surface area contributed by atoms with Crippen molar-refractivity contribution in [2.75, 3.05) is 0 Å². The van der Waals surface area contributed by atoms with Gasteiger partial charge in [-0.05, 0) is 69.0 Å². The van der Waals surface area contributed by atoms with Gasteiger partial charge in [0, 0.05) is 22.4 Å². The number of furan rings is 1. The van der Waals surface area contributed by atoms with Crippen molar-refractivity contribution in [3.05, 3.63) is 187 Å². The van der Waals surface area contributed by atoms with Crippen molar-refractivity contribution in [1.82, 2.24) is 0 Å². The van der Waals surface area contributed by atoms with Crippen LogP contribution in [0.15, 0.2) is 179 Å². The Labute approximate surface area is 268 Å². The van der Waals surface area contributed by atoms with E-state index in [1.165, 1.54) is 27.6 Å². The average molecular weight is 590 g/mol. The largest absolute Gasteiger partial charge is 0.455 e. The molecule has 46 heavy (non-hydrogen) atoms. The number of hydrogen-bond donors (Lipinski definition) is 0. The van der Waals surface area contributed by atoms with E-state index in [1.54, 1.807) is 0 Å². The van der Waals surface area contributed by atoms with Gasteiger partial charge in [-0.2, -0.15) is 0 Å². The van der Waals surface area contributed by atoms with Crippen molar-refractivity contribution < 1.29 is 4.42 Å². The van der Waals surface area contributed by atoms with Crippen molar-refractivity contribution in [2.45, 2.75) is 6.42 Å². The molecule has 2 nitrogen and oxygen atoms in total. The minimum Gasteiger partial charge on any atom is -0.455 e. The first-order chi connectivity index (χ1) is 22.8. The first-order valence-corrected chi connectivity index (χ1v) is 15.7. The third kappa shape index (κ3) is 5.42. The summed E-state index contributed by atoms with van der Waals surface area (Å²) in [6.45, 7) is 0. The number of rotatable bonds is 7. The lowest BCUT2D eigenvalue weighted by molar-refractivity contribution is 0.673. The summed E-state index contributed by atoms with van der Waals surface area (Å²) in [6.07, 6.45) is 4.93. The predicted octanol–water partition coefficient (Wildman–Crippen LogP) is 11.8. The van der Waals surface area contributed by atoms with Crippen molar-refractivity contribution in [3.8, 4) is 22.3 Å². The van der Waals surface area contributed by atoms with Crippen LogP contribution in [0.2, 0.25) is 0 Å². The number of hydrogen-bond acceptors (Lipinski definition) is 2. The zero-order valence-corrected chi connectivity index (χ0v) is 25.3. The molecule has 8 aromatic rings. The standard InChI is InChI=1S/C44H31NO/c1-4-12-32(13-5-1)30-45-42(35-16-8-3-9-17-35)27-22-31-20-23-34(24-21-31)40-29-41-38-26-25-36(33-14-6-2-7-15-33)28-43(38)46-44(41)39-19-11-10-18-37(39)40/h1-21,23-30H,22H2/b42-27-,45-30?. The highest BCUT2D eigenvalue weighted by atomic mass is 16.3. The highest BCUT2D eigenvalue weighted by Gasteiger charge is 2.15. The maximum absolute atomic E-state index is 6.56. The average Bonchev–Trinajstić information content (AvgIpc) is 3.51. The molecular formula is C44H31NO. The van der Waals surface area contributed by atoms with E-state index in [9.17, 15) is 0 Å². The van der Waals surface area contributed by atoms with Crippen molar-refractivity contribution in [1.29, 1.82) is 0 Å². The molecule has 0 bridgehead atoms.